The SMILES string of the molecule is CC(C)(C(=O)O)c1ccc(C2(N)CCOC2)c(F)c1. The van der Waals surface area contributed by atoms with E-state index in [1.54, 1.807) is 26.0 Å². The van der Waals surface area contributed by atoms with Crippen molar-refractivity contribution in [1.29, 1.82) is 0 Å². The maximum atomic E-state index is 14.2. The Morgan fingerprint density at radius 1 is 1.53 bits per heavy atom. The third-order valence-electron chi connectivity index (χ3n) is 3.81. The molecule has 1 fully saturated rings. The summed E-state index contributed by atoms with van der Waals surface area (Å²) in [7, 11) is 0. The average molecular weight is 267 g/mol. The van der Waals surface area contributed by atoms with Gasteiger partial charge < -0.3 is 15.6 Å². The van der Waals surface area contributed by atoms with Gasteiger partial charge in [-0.1, -0.05) is 12.1 Å². The predicted molar refractivity (Wildman–Crippen MR) is 68.4 cm³/mol. The highest BCUT2D eigenvalue weighted by atomic mass is 19.1. The highest BCUT2D eigenvalue weighted by Gasteiger charge is 2.36. The van der Waals surface area contributed by atoms with Crippen molar-refractivity contribution in [3.05, 3.63) is 35.1 Å². The summed E-state index contributed by atoms with van der Waals surface area (Å²) in [6.45, 7) is 3.88. The predicted octanol–water partition coefficient (Wildman–Crippen LogP) is 1.76. The molecule has 0 radical (unpaired) electrons. The smallest absolute Gasteiger partial charge is 0.313 e. The van der Waals surface area contributed by atoms with Crippen molar-refractivity contribution in [2.75, 3.05) is 13.2 Å². The van der Waals surface area contributed by atoms with Crippen LogP contribution in [0, 0.1) is 5.82 Å². The number of carboxylic acids is 1. The molecular weight excluding hydrogens is 249 g/mol. The number of carboxylic acid groups (broad SMARTS) is 1. The van der Waals surface area contributed by atoms with Gasteiger partial charge in [-0.3, -0.25) is 4.79 Å². The van der Waals surface area contributed by atoms with E-state index in [0.717, 1.165) is 0 Å². The molecule has 1 aliphatic rings. The van der Waals surface area contributed by atoms with Crippen LogP contribution in [-0.2, 0) is 20.5 Å². The first-order valence-electron chi connectivity index (χ1n) is 6.18. The van der Waals surface area contributed by atoms with Gasteiger partial charge in [0.15, 0.2) is 0 Å². The van der Waals surface area contributed by atoms with Gasteiger partial charge in [-0.15, -0.1) is 0 Å². The molecule has 104 valence electrons. The van der Waals surface area contributed by atoms with E-state index < -0.39 is 22.7 Å². The Kier molecular flexibility index (Phi) is 3.36. The Labute approximate surface area is 111 Å². The van der Waals surface area contributed by atoms with E-state index in [-0.39, 0.29) is 6.61 Å². The van der Waals surface area contributed by atoms with Gasteiger partial charge in [0.1, 0.15) is 5.82 Å². The summed E-state index contributed by atoms with van der Waals surface area (Å²) in [5.41, 5.74) is 4.98. The summed E-state index contributed by atoms with van der Waals surface area (Å²) in [5, 5.41) is 9.15. The van der Waals surface area contributed by atoms with Crippen LogP contribution in [0.4, 0.5) is 4.39 Å². The minimum Gasteiger partial charge on any atom is -0.481 e. The maximum absolute atomic E-state index is 14.2. The highest BCUT2D eigenvalue weighted by molar-refractivity contribution is 5.80. The number of carbonyl (C=O) groups is 1. The van der Waals surface area contributed by atoms with Crippen LogP contribution in [0.1, 0.15) is 31.4 Å². The van der Waals surface area contributed by atoms with Crippen molar-refractivity contribution in [2.45, 2.75) is 31.2 Å². The molecule has 0 aliphatic carbocycles. The van der Waals surface area contributed by atoms with E-state index in [0.29, 0.717) is 24.2 Å². The molecule has 19 heavy (non-hydrogen) atoms. The monoisotopic (exact) mass is 267 g/mol. The zero-order chi connectivity index (χ0) is 14.3. The summed E-state index contributed by atoms with van der Waals surface area (Å²) in [5.74, 6) is -1.47. The molecule has 1 atom stereocenters. The van der Waals surface area contributed by atoms with Crippen molar-refractivity contribution < 1.29 is 19.0 Å². The molecule has 0 bridgehead atoms. The largest absolute Gasteiger partial charge is 0.481 e. The molecule has 1 saturated heterocycles. The lowest BCUT2D eigenvalue weighted by atomic mass is 9.82. The second-order valence-corrected chi connectivity index (χ2v) is 5.58. The molecule has 5 heteroatoms. The first-order valence-corrected chi connectivity index (χ1v) is 6.18. The van der Waals surface area contributed by atoms with Gasteiger partial charge in [0.25, 0.3) is 0 Å². The fourth-order valence-electron chi connectivity index (χ4n) is 2.22. The molecule has 1 aliphatic heterocycles. The second kappa shape index (κ2) is 4.58. The Balaban J connectivity index is 2.40. The number of hydrogen-bond donors (Lipinski definition) is 2. The summed E-state index contributed by atoms with van der Waals surface area (Å²) < 4.78 is 19.4. The molecule has 3 N–H and O–H groups in total. The average Bonchev–Trinajstić information content (AvgIpc) is 2.76. The number of nitrogens with two attached hydrogens (primary N) is 1. The van der Waals surface area contributed by atoms with Crippen molar-refractivity contribution in [1.82, 2.24) is 0 Å². The van der Waals surface area contributed by atoms with E-state index in [9.17, 15) is 9.18 Å². The van der Waals surface area contributed by atoms with Crippen LogP contribution in [-0.4, -0.2) is 24.3 Å². The summed E-state index contributed by atoms with van der Waals surface area (Å²) in [6, 6.07) is 4.46. The van der Waals surface area contributed by atoms with Crippen molar-refractivity contribution in [3.63, 3.8) is 0 Å². The molecule has 0 saturated carbocycles. The van der Waals surface area contributed by atoms with Crippen LogP contribution >= 0.6 is 0 Å². The lowest BCUT2D eigenvalue weighted by molar-refractivity contribution is -0.142. The minimum absolute atomic E-state index is 0.283. The van der Waals surface area contributed by atoms with Crippen LogP contribution in [0.5, 0.6) is 0 Å². The second-order valence-electron chi connectivity index (χ2n) is 5.58. The van der Waals surface area contributed by atoms with Crippen LogP contribution < -0.4 is 5.73 Å². The Hall–Kier alpha value is -1.46. The van der Waals surface area contributed by atoms with Crippen molar-refractivity contribution in [3.8, 4) is 0 Å². The molecule has 4 nitrogen and oxygen atoms in total. The molecule has 1 unspecified atom stereocenters. The molecule has 0 aromatic heterocycles. The lowest BCUT2D eigenvalue weighted by Crippen LogP contribution is -2.38. The number of aliphatic carboxylic acids is 1. The summed E-state index contributed by atoms with van der Waals surface area (Å²) in [4.78, 5) is 11.2. The summed E-state index contributed by atoms with van der Waals surface area (Å²) >= 11 is 0. The van der Waals surface area contributed by atoms with Crippen LogP contribution in [0.2, 0.25) is 0 Å². The van der Waals surface area contributed by atoms with Crippen LogP contribution in [0.3, 0.4) is 0 Å². The van der Waals surface area contributed by atoms with E-state index in [4.69, 9.17) is 15.6 Å². The van der Waals surface area contributed by atoms with E-state index in [2.05, 4.69) is 0 Å². The van der Waals surface area contributed by atoms with Gasteiger partial charge in [0.2, 0.25) is 0 Å². The standard InChI is InChI=1S/C14H18FNO3/c1-13(2,12(17)18)9-3-4-10(11(15)7-9)14(16)5-6-19-8-14/h3-4,7H,5-6,8,16H2,1-2H3,(H,17,18). The normalized spacial score (nSPS) is 23.6. The van der Waals surface area contributed by atoms with Gasteiger partial charge in [0.05, 0.1) is 17.6 Å². The number of rotatable bonds is 3. The molecule has 1 aromatic rings. The minimum atomic E-state index is -1.13. The van der Waals surface area contributed by atoms with Crippen molar-refractivity contribution in [2.24, 2.45) is 5.73 Å². The number of hydrogen-bond acceptors (Lipinski definition) is 3. The molecule has 2 rings (SSSR count). The maximum Gasteiger partial charge on any atom is 0.313 e. The first kappa shape index (κ1) is 14.0. The van der Waals surface area contributed by atoms with Gasteiger partial charge in [0, 0.05) is 12.2 Å². The van der Waals surface area contributed by atoms with E-state index >= 15 is 0 Å². The Morgan fingerprint density at radius 2 is 2.21 bits per heavy atom. The molecule has 1 aromatic carbocycles. The fourth-order valence-corrected chi connectivity index (χ4v) is 2.22. The molecule has 0 spiro atoms. The van der Waals surface area contributed by atoms with Gasteiger partial charge in [-0.2, -0.15) is 0 Å². The Morgan fingerprint density at radius 3 is 2.68 bits per heavy atom. The number of halogens is 1. The summed E-state index contributed by atoms with van der Waals surface area (Å²) in [6.07, 6.45) is 0.561. The fraction of sp³-hybridized carbons (Fsp3) is 0.500. The van der Waals surface area contributed by atoms with Gasteiger partial charge in [-0.25, -0.2) is 4.39 Å². The quantitative estimate of drug-likeness (QED) is 0.875. The molecule has 0 amide bonds. The van der Waals surface area contributed by atoms with Gasteiger partial charge in [-0.05, 0) is 31.9 Å². The zero-order valence-electron chi connectivity index (χ0n) is 11.1. The van der Waals surface area contributed by atoms with E-state index in [1.807, 2.05) is 0 Å². The number of ether oxygens (including phenoxy) is 1. The zero-order valence-corrected chi connectivity index (χ0v) is 11.1. The molecular formula is C14H18FNO3. The molecule has 1 heterocycles. The van der Waals surface area contributed by atoms with Gasteiger partial charge >= 0.3 is 5.97 Å². The third-order valence-corrected chi connectivity index (χ3v) is 3.81. The highest BCUT2D eigenvalue weighted by Crippen LogP contribution is 2.32. The van der Waals surface area contributed by atoms with E-state index in [1.165, 1.54) is 6.07 Å². The lowest BCUT2D eigenvalue weighted by Gasteiger charge is -2.25. The number of benzene rings is 1. The first-order chi connectivity index (χ1) is 8.77. The Bertz CT molecular complexity index is 507. The van der Waals surface area contributed by atoms with Crippen LogP contribution in [0.15, 0.2) is 18.2 Å². The third kappa shape index (κ3) is 2.35. The van der Waals surface area contributed by atoms with Crippen LogP contribution in [0.25, 0.3) is 0 Å². The topological polar surface area (TPSA) is 72.5 Å². The van der Waals surface area contributed by atoms with Crippen molar-refractivity contribution >= 4 is 5.97 Å².